The quantitative estimate of drug-likeness (QED) is 0.912. The summed E-state index contributed by atoms with van der Waals surface area (Å²) in [4.78, 5) is 33.7. The van der Waals surface area contributed by atoms with Gasteiger partial charge in [0.2, 0.25) is 11.8 Å². The lowest BCUT2D eigenvalue weighted by atomic mass is 10.1. The van der Waals surface area contributed by atoms with Gasteiger partial charge in [-0.2, -0.15) is 0 Å². The molecule has 1 atom stereocenters. The van der Waals surface area contributed by atoms with Crippen molar-refractivity contribution in [1.82, 2.24) is 19.7 Å². The van der Waals surface area contributed by atoms with Crippen molar-refractivity contribution < 1.29 is 9.59 Å². The van der Waals surface area contributed by atoms with E-state index >= 15 is 0 Å². The highest BCUT2D eigenvalue weighted by Gasteiger charge is 2.33. The number of carbonyl (C=O) groups is 2. The van der Waals surface area contributed by atoms with E-state index in [0.717, 1.165) is 16.5 Å². The van der Waals surface area contributed by atoms with E-state index in [2.05, 4.69) is 4.98 Å². The van der Waals surface area contributed by atoms with Crippen LogP contribution >= 0.6 is 0 Å². The van der Waals surface area contributed by atoms with Crippen LogP contribution in [-0.2, 0) is 16.0 Å². The number of para-hydroxylation sites is 1. The van der Waals surface area contributed by atoms with Gasteiger partial charge in [0.1, 0.15) is 6.04 Å². The summed E-state index contributed by atoms with van der Waals surface area (Å²) in [5.74, 6) is 0.117. The number of H-pyrrole nitrogens is 1. The molecule has 0 bridgehead atoms. The van der Waals surface area contributed by atoms with E-state index in [0.29, 0.717) is 26.1 Å². The Morgan fingerprint density at radius 1 is 1.25 bits per heavy atom. The number of hydrogen-bond donors (Lipinski definition) is 1. The highest BCUT2D eigenvalue weighted by molar-refractivity contribution is 5.89. The van der Waals surface area contributed by atoms with E-state index in [4.69, 9.17) is 0 Å². The first-order valence-corrected chi connectivity index (χ1v) is 8.21. The van der Waals surface area contributed by atoms with Crippen LogP contribution in [0.15, 0.2) is 30.5 Å². The Bertz CT molecular complexity index is 752. The van der Waals surface area contributed by atoms with E-state index in [1.54, 1.807) is 19.0 Å². The maximum atomic E-state index is 12.7. The van der Waals surface area contributed by atoms with Crippen LogP contribution in [0.2, 0.25) is 0 Å². The summed E-state index contributed by atoms with van der Waals surface area (Å²) in [6.07, 6.45) is 2.26. The second-order valence-corrected chi connectivity index (χ2v) is 6.61. The van der Waals surface area contributed by atoms with Crippen LogP contribution in [0, 0.1) is 0 Å². The number of nitrogens with one attached hydrogen (secondary N) is 1. The van der Waals surface area contributed by atoms with Crippen LogP contribution in [0.1, 0.15) is 5.56 Å². The maximum absolute atomic E-state index is 12.7. The van der Waals surface area contributed by atoms with E-state index in [9.17, 15) is 9.59 Å². The van der Waals surface area contributed by atoms with Crippen LogP contribution in [0.4, 0.5) is 0 Å². The van der Waals surface area contributed by atoms with Gasteiger partial charge >= 0.3 is 0 Å². The van der Waals surface area contributed by atoms with Gasteiger partial charge in [-0.05, 0) is 18.7 Å². The average Bonchev–Trinajstić information content (AvgIpc) is 2.97. The van der Waals surface area contributed by atoms with Crippen molar-refractivity contribution in [3.63, 3.8) is 0 Å². The number of amides is 2. The first kappa shape index (κ1) is 16.5. The van der Waals surface area contributed by atoms with Crippen molar-refractivity contribution in [3.8, 4) is 0 Å². The van der Waals surface area contributed by atoms with Gasteiger partial charge in [0.15, 0.2) is 0 Å². The molecule has 6 heteroatoms. The molecule has 1 N–H and O–H groups in total. The average molecular weight is 328 g/mol. The molecule has 0 saturated carbocycles. The summed E-state index contributed by atoms with van der Waals surface area (Å²) in [5, 5.41) is 1.08. The highest BCUT2D eigenvalue weighted by atomic mass is 16.2. The molecule has 0 aliphatic carbocycles. The molecule has 1 aromatic heterocycles. The largest absolute Gasteiger partial charge is 0.361 e. The molecule has 2 amide bonds. The molecule has 1 unspecified atom stereocenters. The molecule has 2 aromatic rings. The number of hydrogen-bond acceptors (Lipinski definition) is 3. The van der Waals surface area contributed by atoms with Crippen LogP contribution in [-0.4, -0.2) is 78.3 Å². The molecule has 1 aliphatic heterocycles. The fourth-order valence-electron chi connectivity index (χ4n) is 3.22. The second kappa shape index (κ2) is 6.65. The number of likely N-dealkylation sites (N-methyl/N-ethyl adjacent to an activating group) is 2. The third-order valence-electron chi connectivity index (χ3n) is 4.74. The summed E-state index contributed by atoms with van der Waals surface area (Å²) >= 11 is 0. The van der Waals surface area contributed by atoms with Crippen LogP contribution in [0.5, 0.6) is 0 Å². The van der Waals surface area contributed by atoms with Crippen molar-refractivity contribution in [2.45, 2.75) is 12.5 Å². The van der Waals surface area contributed by atoms with E-state index in [-0.39, 0.29) is 17.9 Å². The normalized spacial score (nSPS) is 18.8. The molecular weight excluding hydrogens is 304 g/mol. The minimum Gasteiger partial charge on any atom is -0.361 e. The molecule has 6 nitrogen and oxygen atoms in total. The van der Waals surface area contributed by atoms with Crippen LogP contribution < -0.4 is 0 Å². The topological polar surface area (TPSA) is 59.7 Å². The smallest absolute Gasteiger partial charge is 0.241 e. The number of aromatic nitrogens is 1. The van der Waals surface area contributed by atoms with Crippen molar-refractivity contribution in [1.29, 1.82) is 0 Å². The number of rotatable bonds is 3. The molecular formula is C18H24N4O2. The summed E-state index contributed by atoms with van der Waals surface area (Å²) in [5.41, 5.74) is 2.05. The van der Waals surface area contributed by atoms with Crippen molar-refractivity contribution in [2.24, 2.45) is 0 Å². The summed E-state index contributed by atoms with van der Waals surface area (Å²) < 4.78 is 0. The number of piperazine rings is 1. The molecule has 1 aromatic carbocycles. The number of fused-ring (bicyclic) bond motifs is 1. The van der Waals surface area contributed by atoms with Crippen LogP contribution in [0.3, 0.4) is 0 Å². The minimum atomic E-state index is -0.263. The van der Waals surface area contributed by atoms with Crippen molar-refractivity contribution in [2.75, 3.05) is 40.8 Å². The summed E-state index contributed by atoms with van der Waals surface area (Å²) in [6.45, 7) is 1.83. The zero-order valence-electron chi connectivity index (χ0n) is 14.5. The molecule has 24 heavy (non-hydrogen) atoms. The third kappa shape index (κ3) is 3.14. The van der Waals surface area contributed by atoms with Gasteiger partial charge in [-0.1, -0.05) is 18.2 Å². The Labute approximate surface area is 142 Å². The number of benzene rings is 1. The predicted octanol–water partition coefficient (Wildman–Crippen LogP) is 0.941. The second-order valence-electron chi connectivity index (χ2n) is 6.61. The standard InChI is InChI=1S/C18H24N4O2/c1-20(2)18(24)16-12-22(9-8-21(16)3)17(23)10-13-11-19-15-7-5-4-6-14(13)15/h4-7,11,16,19H,8-10,12H2,1-3H3. The van der Waals surface area contributed by atoms with Gasteiger partial charge in [0.25, 0.3) is 0 Å². The molecule has 1 saturated heterocycles. The Morgan fingerprint density at radius 3 is 2.75 bits per heavy atom. The molecule has 1 aliphatic rings. The number of nitrogens with zero attached hydrogens (tertiary/aromatic N) is 3. The number of aromatic amines is 1. The van der Waals surface area contributed by atoms with E-state index in [1.165, 1.54) is 0 Å². The molecule has 0 spiro atoms. The first-order valence-electron chi connectivity index (χ1n) is 8.21. The maximum Gasteiger partial charge on any atom is 0.241 e. The SMILES string of the molecule is CN(C)C(=O)C1CN(C(=O)Cc2c[nH]c3ccccc23)CCN1C. The summed E-state index contributed by atoms with van der Waals surface area (Å²) in [6, 6.07) is 7.72. The van der Waals surface area contributed by atoms with Crippen LogP contribution in [0.25, 0.3) is 10.9 Å². The lowest BCUT2D eigenvalue weighted by Crippen LogP contribution is -2.58. The van der Waals surface area contributed by atoms with Crippen molar-refractivity contribution >= 4 is 22.7 Å². The van der Waals surface area contributed by atoms with Gasteiger partial charge in [-0.15, -0.1) is 0 Å². The van der Waals surface area contributed by atoms with Crippen molar-refractivity contribution in [3.05, 3.63) is 36.0 Å². The van der Waals surface area contributed by atoms with Gasteiger partial charge in [0.05, 0.1) is 6.42 Å². The first-order chi connectivity index (χ1) is 11.5. The molecule has 0 radical (unpaired) electrons. The fourth-order valence-corrected chi connectivity index (χ4v) is 3.22. The lowest BCUT2D eigenvalue weighted by molar-refractivity contribution is -0.141. The monoisotopic (exact) mass is 328 g/mol. The number of carbonyl (C=O) groups excluding carboxylic acids is 2. The van der Waals surface area contributed by atoms with Gasteiger partial charge in [-0.3, -0.25) is 14.5 Å². The highest BCUT2D eigenvalue weighted by Crippen LogP contribution is 2.19. The van der Waals surface area contributed by atoms with E-state index in [1.807, 2.05) is 47.3 Å². The molecule has 1 fully saturated rings. The Hall–Kier alpha value is -2.34. The molecule has 2 heterocycles. The zero-order chi connectivity index (χ0) is 17.3. The van der Waals surface area contributed by atoms with Gasteiger partial charge in [-0.25, -0.2) is 0 Å². The minimum absolute atomic E-state index is 0.0436. The van der Waals surface area contributed by atoms with Gasteiger partial charge in [0, 0.05) is 50.8 Å². The Kier molecular flexibility index (Phi) is 4.57. The van der Waals surface area contributed by atoms with Gasteiger partial charge < -0.3 is 14.8 Å². The zero-order valence-corrected chi connectivity index (χ0v) is 14.5. The summed E-state index contributed by atoms with van der Waals surface area (Å²) in [7, 11) is 5.44. The Balaban J connectivity index is 1.72. The fraction of sp³-hybridized carbons (Fsp3) is 0.444. The lowest BCUT2D eigenvalue weighted by Gasteiger charge is -2.39. The predicted molar refractivity (Wildman–Crippen MR) is 93.7 cm³/mol. The third-order valence-corrected chi connectivity index (χ3v) is 4.74. The molecule has 3 rings (SSSR count). The van der Waals surface area contributed by atoms with E-state index < -0.39 is 0 Å². The Morgan fingerprint density at radius 2 is 2.00 bits per heavy atom. The molecule has 128 valence electrons.